The number of likely N-dealkylation sites (tertiary alicyclic amines) is 2. The van der Waals surface area contributed by atoms with Gasteiger partial charge >= 0.3 is 0 Å². The fourth-order valence-electron chi connectivity index (χ4n) is 3.70. The minimum absolute atomic E-state index is 0.0448. The first-order chi connectivity index (χ1) is 11.1. The zero-order valence-corrected chi connectivity index (χ0v) is 13.5. The normalized spacial score (nSPS) is 25.9. The van der Waals surface area contributed by atoms with Crippen LogP contribution in [0.1, 0.15) is 37.4 Å². The van der Waals surface area contributed by atoms with Crippen LogP contribution in [0.4, 0.5) is 0 Å². The molecule has 5 heteroatoms. The molecule has 2 heterocycles. The molecular formula is C18H24N2O3. The van der Waals surface area contributed by atoms with Crippen molar-refractivity contribution in [3.05, 3.63) is 35.9 Å². The Morgan fingerprint density at radius 1 is 1.35 bits per heavy atom. The van der Waals surface area contributed by atoms with E-state index in [1.165, 1.54) is 0 Å². The largest absolute Gasteiger partial charge is 0.388 e. The molecule has 124 valence electrons. The molecule has 0 aromatic heterocycles. The van der Waals surface area contributed by atoms with Crippen LogP contribution in [0.25, 0.3) is 0 Å². The Morgan fingerprint density at radius 2 is 2.09 bits per heavy atom. The highest BCUT2D eigenvalue weighted by atomic mass is 16.3. The summed E-state index contributed by atoms with van der Waals surface area (Å²) in [6, 6.07) is 9.65. The first-order valence-corrected chi connectivity index (χ1v) is 8.33. The molecule has 1 aromatic carbocycles. The highest BCUT2D eigenvalue weighted by molar-refractivity contribution is 5.89. The van der Waals surface area contributed by atoms with Gasteiger partial charge in [-0.05, 0) is 24.8 Å². The molecule has 0 aliphatic carbocycles. The molecular weight excluding hydrogens is 292 g/mol. The second-order valence-corrected chi connectivity index (χ2v) is 6.67. The summed E-state index contributed by atoms with van der Waals surface area (Å²) >= 11 is 0. The van der Waals surface area contributed by atoms with Gasteiger partial charge in [0.05, 0.1) is 12.0 Å². The summed E-state index contributed by atoms with van der Waals surface area (Å²) in [4.78, 5) is 27.9. The van der Waals surface area contributed by atoms with E-state index in [4.69, 9.17) is 0 Å². The third-order valence-corrected chi connectivity index (χ3v) is 5.03. The van der Waals surface area contributed by atoms with Crippen molar-refractivity contribution in [2.75, 3.05) is 20.1 Å². The number of nitrogens with zero attached hydrogens (tertiary/aromatic N) is 2. The Bertz CT molecular complexity index is 575. The van der Waals surface area contributed by atoms with Crippen molar-refractivity contribution in [2.45, 2.75) is 37.8 Å². The quantitative estimate of drug-likeness (QED) is 0.917. The van der Waals surface area contributed by atoms with Crippen LogP contribution in [-0.4, -0.2) is 52.9 Å². The van der Waals surface area contributed by atoms with Crippen molar-refractivity contribution in [3.8, 4) is 0 Å². The van der Waals surface area contributed by atoms with Gasteiger partial charge in [-0.3, -0.25) is 9.59 Å². The van der Waals surface area contributed by atoms with Gasteiger partial charge in [-0.15, -0.1) is 0 Å². The molecule has 0 unspecified atom stereocenters. The van der Waals surface area contributed by atoms with Gasteiger partial charge in [0, 0.05) is 32.6 Å². The molecule has 23 heavy (non-hydrogen) atoms. The Morgan fingerprint density at radius 3 is 2.74 bits per heavy atom. The molecule has 2 fully saturated rings. The summed E-state index contributed by atoms with van der Waals surface area (Å²) in [7, 11) is 1.75. The van der Waals surface area contributed by atoms with Gasteiger partial charge in [-0.1, -0.05) is 30.3 Å². The van der Waals surface area contributed by atoms with Crippen LogP contribution < -0.4 is 0 Å². The molecule has 3 rings (SSSR count). The lowest BCUT2D eigenvalue weighted by Crippen LogP contribution is -2.41. The molecule has 2 aliphatic heterocycles. The molecule has 2 amide bonds. The van der Waals surface area contributed by atoms with E-state index in [0.29, 0.717) is 19.4 Å². The summed E-state index contributed by atoms with van der Waals surface area (Å²) in [6.45, 7) is 1.25. The van der Waals surface area contributed by atoms with Gasteiger partial charge in [0.25, 0.3) is 0 Å². The molecule has 0 radical (unpaired) electrons. The van der Waals surface area contributed by atoms with Crippen LogP contribution in [0.2, 0.25) is 0 Å². The van der Waals surface area contributed by atoms with E-state index in [1.54, 1.807) is 11.9 Å². The molecule has 2 saturated heterocycles. The number of hydrogen-bond acceptors (Lipinski definition) is 3. The molecule has 0 bridgehead atoms. The summed E-state index contributed by atoms with van der Waals surface area (Å²) < 4.78 is 0. The van der Waals surface area contributed by atoms with Crippen LogP contribution in [0.3, 0.4) is 0 Å². The van der Waals surface area contributed by atoms with Crippen LogP contribution in [0.15, 0.2) is 30.3 Å². The number of rotatable bonds is 4. The Balaban J connectivity index is 1.64. The number of amides is 2. The number of carbonyl (C=O) groups excluding carboxylic acids is 2. The van der Waals surface area contributed by atoms with E-state index in [0.717, 1.165) is 24.9 Å². The first kappa shape index (κ1) is 16.0. The van der Waals surface area contributed by atoms with Gasteiger partial charge in [-0.25, -0.2) is 0 Å². The van der Waals surface area contributed by atoms with Crippen molar-refractivity contribution in [2.24, 2.45) is 5.92 Å². The van der Waals surface area contributed by atoms with E-state index < -0.39 is 6.10 Å². The fraction of sp³-hybridized carbons (Fsp3) is 0.556. The first-order valence-electron chi connectivity index (χ1n) is 8.33. The topological polar surface area (TPSA) is 60.9 Å². The molecule has 1 N–H and O–H groups in total. The third kappa shape index (κ3) is 3.39. The van der Waals surface area contributed by atoms with E-state index >= 15 is 0 Å². The summed E-state index contributed by atoms with van der Waals surface area (Å²) in [5, 5.41) is 10.4. The zero-order valence-electron chi connectivity index (χ0n) is 13.5. The van der Waals surface area contributed by atoms with E-state index in [1.807, 2.05) is 35.2 Å². The maximum atomic E-state index is 12.7. The maximum Gasteiger partial charge on any atom is 0.228 e. The average molecular weight is 316 g/mol. The second-order valence-electron chi connectivity index (χ2n) is 6.67. The van der Waals surface area contributed by atoms with Gasteiger partial charge < -0.3 is 14.9 Å². The number of aliphatic hydroxyl groups excluding tert-OH is 1. The van der Waals surface area contributed by atoms with Gasteiger partial charge in [0.2, 0.25) is 11.8 Å². The smallest absolute Gasteiger partial charge is 0.228 e. The number of benzene rings is 1. The van der Waals surface area contributed by atoms with Gasteiger partial charge in [0.1, 0.15) is 0 Å². The Kier molecular flexibility index (Phi) is 4.66. The van der Waals surface area contributed by atoms with Crippen LogP contribution in [0.5, 0.6) is 0 Å². The predicted octanol–water partition coefficient (Wildman–Crippen LogP) is 1.58. The molecule has 2 aliphatic rings. The molecule has 3 atom stereocenters. The predicted molar refractivity (Wildman–Crippen MR) is 86.5 cm³/mol. The Labute approximate surface area is 136 Å². The minimum Gasteiger partial charge on any atom is -0.388 e. The lowest BCUT2D eigenvalue weighted by molar-refractivity contribution is -0.137. The maximum absolute atomic E-state index is 12.7. The van der Waals surface area contributed by atoms with E-state index in [2.05, 4.69) is 0 Å². The van der Waals surface area contributed by atoms with Crippen molar-refractivity contribution in [1.29, 1.82) is 0 Å². The van der Waals surface area contributed by atoms with Crippen molar-refractivity contribution in [3.63, 3.8) is 0 Å². The second kappa shape index (κ2) is 6.71. The van der Waals surface area contributed by atoms with E-state index in [9.17, 15) is 14.7 Å². The summed E-state index contributed by atoms with van der Waals surface area (Å²) in [5.41, 5.74) is 0.891. The van der Waals surface area contributed by atoms with Gasteiger partial charge in [0.15, 0.2) is 0 Å². The lowest BCUT2D eigenvalue weighted by atomic mass is 9.99. The summed E-state index contributed by atoms with van der Waals surface area (Å²) in [5.74, 6) is -0.101. The molecule has 1 aromatic rings. The summed E-state index contributed by atoms with van der Waals surface area (Å²) in [6.07, 6.45) is 2.22. The number of carbonyl (C=O) groups is 2. The number of hydrogen-bond donors (Lipinski definition) is 1. The van der Waals surface area contributed by atoms with Crippen LogP contribution >= 0.6 is 0 Å². The Hall–Kier alpha value is -1.88. The highest BCUT2D eigenvalue weighted by Gasteiger charge is 2.39. The van der Waals surface area contributed by atoms with Crippen molar-refractivity contribution < 1.29 is 14.7 Å². The lowest BCUT2D eigenvalue weighted by Gasteiger charge is -2.28. The van der Waals surface area contributed by atoms with Crippen LogP contribution in [0, 0.1) is 5.92 Å². The monoisotopic (exact) mass is 316 g/mol. The van der Waals surface area contributed by atoms with Crippen molar-refractivity contribution in [1.82, 2.24) is 9.80 Å². The zero-order chi connectivity index (χ0) is 16.4. The molecule has 0 saturated carbocycles. The average Bonchev–Trinajstić information content (AvgIpc) is 3.15. The van der Waals surface area contributed by atoms with Crippen LogP contribution in [-0.2, 0) is 9.59 Å². The van der Waals surface area contributed by atoms with E-state index in [-0.39, 0.29) is 23.8 Å². The fourth-order valence-corrected chi connectivity index (χ4v) is 3.70. The van der Waals surface area contributed by atoms with Gasteiger partial charge in [-0.2, -0.15) is 0 Å². The highest BCUT2D eigenvalue weighted by Crippen LogP contribution is 2.30. The standard InChI is InChI=1S/C18H24N2O3/c1-19-12-14(10-17(19)22)18(23)20-9-5-8-15(20)11-16(21)13-6-3-2-4-7-13/h2-4,6-7,14-16,21H,5,8-12H2,1H3/t14-,15+,16-/m1/s1. The third-order valence-electron chi connectivity index (χ3n) is 5.03. The molecule has 5 nitrogen and oxygen atoms in total. The number of aliphatic hydroxyl groups is 1. The minimum atomic E-state index is -0.553. The molecule has 0 spiro atoms. The SMILES string of the molecule is CN1C[C@H](C(=O)N2CCC[C@H]2C[C@@H](O)c2ccccc2)CC1=O. The van der Waals surface area contributed by atoms with Crippen molar-refractivity contribution >= 4 is 11.8 Å².